The quantitative estimate of drug-likeness (QED) is 0.566. The number of nitrogens with one attached hydrogen (secondary N) is 2. The number of nitrogens with zero attached hydrogens (tertiary/aromatic N) is 1. The van der Waals surface area contributed by atoms with Gasteiger partial charge in [0.1, 0.15) is 5.76 Å². The van der Waals surface area contributed by atoms with Crippen molar-refractivity contribution in [1.29, 1.82) is 0 Å². The molecule has 1 heterocycles. The summed E-state index contributed by atoms with van der Waals surface area (Å²) in [6.07, 6.45) is 1.45. The summed E-state index contributed by atoms with van der Waals surface area (Å²) in [5, 5.41) is 13.5. The highest BCUT2D eigenvalue weighted by Gasteiger charge is 2.28. The van der Waals surface area contributed by atoms with Crippen molar-refractivity contribution in [3.8, 4) is 0 Å². The lowest BCUT2D eigenvalue weighted by Gasteiger charge is -2.09. The monoisotopic (exact) mass is 353 g/mol. The van der Waals surface area contributed by atoms with Crippen molar-refractivity contribution in [2.45, 2.75) is 18.4 Å². The predicted octanol–water partition coefficient (Wildman–Crippen LogP) is 1.09. The van der Waals surface area contributed by atoms with E-state index in [9.17, 15) is 23.3 Å². The van der Waals surface area contributed by atoms with Crippen molar-refractivity contribution in [2.75, 3.05) is 6.54 Å². The lowest BCUT2D eigenvalue weighted by atomic mass is 10.2. The predicted molar refractivity (Wildman–Crippen MR) is 83.6 cm³/mol. The molecule has 1 aromatic heterocycles. The molecule has 9 nitrogen and oxygen atoms in total. The van der Waals surface area contributed by atoms with E-state index in [-0.39, 0.29) is 12.1 Å². The Balaban J connectivity index is 2.06. The summed E-state index contributed by atoms with van der Waals surface area (Å²) < 4.78 is 31.7. The second kappa shape index (κ2) is 7.23. The molecule has 0 unspecified atom stereocenters. The summed E-state index contributed by atoms with van der Waals surface area (Å²) in [6.45, 7) is 1.01. The first-order valence-corrected chi connectivity index (χ1v) is 8.32. The van der Waals surface area contributed by atoms with Gasteiger partial charge in [0.25, 0.3) is 5.69 Å². The van der Waals surface area contributed by atoms with Gasteiger partial charge in [0.15, 0.2) is 4.90 Å². The van der Waals surface area contributed by atoms with Gasteiger partial charge in [0, 0.05) is 6.07 Å². The van der Waals surface area contributed by atoms with Crippen molar-refractivity contribution >= 4 is 21.6 Å². The topological polar surface area (TPSA) is 132 Å². The maximum Gasteiger partial charge on any atom is 0.289 e. The third kappa shape index (κ3) is 4.18. The van der Waals surface area contributed by atoms with Crippen LogP contribution < -0.4 is 10.0 Å². The fourth-order valence-electron chi connectivity index (χ4n) is 2.02. The summed E-state index contributed by atoms with van der Waals surface area (Å²) >= 11 is 0. The van der Waals surface area contributed by atoms with Crippen molar-refractivity contribution in [1.82, 2.24) is 10.0 Å². The molecule has 0 aliphatic heterocycles. The second-order valence-corrected chi connectivity index (χ2v) is 6.56. The highest BCUT2D eigenvalue weighted by molar-refractivity contribution is 7.89. The SMILES string of the molecule is Cc1cccc([N+](=O)[O-])c1S(=O)(=O)NCC(=O)NCc1ccco1. The van der Waals surface area contributed by atoms with Gasteiger partial charge in [-0.05, 0) is 24.6 Å². The molecule has 0 fully saturated rings. The molecule has 0 saturated carbocycles. The summed E-state index contributed by atoms with van der Waals surface area (Å²) in [4.78, 5) is 21.5. The van der Waals surface area contributed by atoms with Gasteiger partial charge in [-0.1, -0.05) is 12.1 Å². The molecule has 0 bridgehead atoms. The molecule has 24 heavy (non-hydrogen) atoms. The number of carbonyl (C=O) groups excluding carboxylic acids is 1. The van der Waals surface area contributed by atoms with E-state index in [4.69, 9.17) is 4.42 Å². The van der Waals surface area contributed by atoms with E-state index in [0.717, 1.165) is 6.07 Å². The fraction of sp³-hybridized carbons (Fsp3) is 0.214. The van der Waals surface area contributed by atoms with E-state index in [1.165, 1.54) is 25.3 Å². The molecule has 2 rings (SSSR count). The maximum absolute atomic E-state index is 12.3. The van der Waals surface area contributed by atoms with Gasteiger partial charge >= 0.3 is 0 Å². The van der Waals surface area contributed by atoms with Crippen LogP contribution in [0.1, 0.15) is 11.3 Å². The summed E-state index contributed by atoms with van der Waals surface area (Å²) in [5.41, 5.74) is -0.328. The lowest BCUT2D eigenvalue weighted by molar-refractivity contribution is -0.387. The van der Waals surface area contributed by atoms with Gasteiger partial charge in [0.05, 0.1) is 24.3 Å². The Hall–Kier alpha value is -2.72. The van der Waals surface area contributed by atoms with Crippen LogP contribution in [0.3, 0.4) is 0 Å². The number of nitro benzene ring substituents is 1. The van der Waals surface area contributed by atoms with Crippen LogP contribution in [0, 0.1) is 17.0 Å². The van der Waals surface area contributed by atoms with Crippen LogP contribution in [0.4, 0.5) is 5.69 Å². The van der Waals surface area contributed by atoms with Crippen molar-refractivity contribution in [2.24, 2.45) is 0 Å². The van der Waals surface area contributed by atoms with Crippen LogP contribution >= 0.6 is 0 Å². The Kier molecular flexibility index (Phi) is 5.31. The molecule has 128 valence electrons. The molecule has 0 aliphatic rings. The summed E-state index contributed by atoms with van der Waals surface area (Å²) in [7, 11) is -4.21. The zero-order valence-corrected chi connectivity index (χ0v) is 13.5. The Morgan fingerprint density at radius 3 is 2.67 bits per heavy atom. The number of hydrogen-bond acceptors (Lipinski definition) is 6. The molecule has 2 aromatic rings. The third-order valence-corrected chi connectivity index (χ3v) is 4.71. The maximum atomic E-state index is 12.3. The zero-order valence-electron chi connectivity index (χ0n) is 12.7. The van der Waals surface area contributed by atoms with Gasteiger partial charge < -0.3 is 9.73 Å². The van der Waals surface area contributed by atoms with Gasteiger partial charge in [0.2, 0.25) is 15.9 Å². The largest absolute Gasteiger partial charge is 0.467 e. The summed E-state index contributed by atoms with van der Waals surface area (Å²) in [6, 6.07) is 7.24. The van der Waals surface area contributed by atoms with Crippen LogP contribution in [0.15, 0.2) is 45.9 Å². The number of carbonyl (C=O) groups is 1. The Labute approximate surface area is 137 Å². The minimum absolute atomic E-state index is 0.109. The zero-order chi connectivity index (χ0) is 17.7. The number of sulfonamides is 1. The van der Waals surface area contributed by atoms with Crippen LogP contribution in [0.5, 0.6) is 0 Å². The fourth-order valence-corrected chi connectivity index (χ4v) is 3.40. The number of hydrogen-bond donors (Lipinski definition) is 2. The van der Waals surface area contributed by atoms with Crippen molar-refractivity contribution in [3.63, 3.8) is 0 Å². The van der Waals surface area contributed by atoms with Crippen molar-refractivity contribution < 1.29 is 22.6 Å². The van der Waals surface area contributed by atoms with Gasteiger partial charge in [-0.2, -0.15) is 0 Å². The summed E-state index contributed by atoms with van der Waals surface area (Å²) in [5.74, 6) is -0.0769. The third-order valence-electron chi connectivity index (χ3n) is 3.12. The van der Waals surface area contributed by atoms with E-state index in [0.29, 0.717) is 5.76 Å². The van der Waals surface area contributed by atoms with Crippen molar-refractivity contribution in [3.05, 3.63) is 58.0 Å². The van der Waals surface area contributed by atoms with Crippen LogP contribution in [0.2, 0.25) is 0 Å². The first-order valence-electron chi connectivity index (χ1n) is 6.84. The molecule has 1 aromatic carbocycles. The van der Waals surface area contributed by atoms with Gasteiger partial charge in [-0.15, -0.1) is 0 Å². The number of aryl methyl sites for hydroxylation is 1. The van der Waals surface area contributed by atoms with E-state index in [1.54, 1.807) is 12.1 Å². The van der Waals surface area contributed by atoms with E-state index in [2.05, 4.69) is 10.0 Å². The Bertz CT molecular complexity index is 845. The van der Waals surface area contributed by atoms with Crippen LogP contribution in [0.25, 0.3) is 0 Å². The molecule has 0 spiro atoms. The first kappa shape index (κ1) is 17.6. The normalized spacial score (nSPS) is 11.2. The molecule has 0 atom stereocenters. The number of furan rings is 1. The van der Waals surface area contributed by atoms with Gasteiger partial charge in [-0.25, -0.2) is 13.1 Å². The van der Waals surface area contributed by atoms with E-state index in [1.807, 2.05) is 0 Å². The molecular weight excluding hydrogens is 338 g/mol. The molecule has 2 N–H and O–H groups in total. The molecular formula is C14H15N3O6S. The van der Waals surface area contributed by atoms with Crippen LogP contribution in [-0.2, 0) is 21.4 Å². The lowest BCUT2D eigenvalue weighted by Crippen LogP contribution is -2.37. The first-order chi connectivity index (χ1) is 11.3. The van der Waals surface area contributed by atoms with Crippen LogP contribution in [-0.4, -0.2) is 25.8 Å². The standard InChI is InChI=1S/C14H15N3O6S/c1-10-4-2-6-12(17(19)20)14(10)24(21,22)16-9-13(18)15-8-11-5-3-7-23-11/h2-7,16H,8-9H2,1H3,(H,15,18). The highest BCUT2D eigenvalue weighted by Crippen LogP contribution is 2.26. The minimum atomic E-state index is -4.21. The highest BCUT2D eigenvalue weighted by atomic mass is 32.2. The average molecular weight is 353 g/mol. The van der Waals surface area contributed by atoms with E-state index >= 15 is 0 Å². The number of rotatable bonds is 7. The average Bonchev–Trinajstić information content (AvgIpc) is 3.04. The number of nitro groups is 1. The molecule has 10 heteroatoms. The Morgan fingerprint density at radius 2 is 2.04 bits per heavy atom. The second-order valence-electron chi connectivity index (χ2n) is 4.86. The minimum Gasteiger partial charge on any atom is -0.467 e. The molecule has 1 amide bonds. The number of amides is 1. The van der Waals surface area contributed by atoms with Gasteiger partial charge in [-0.3, -0.25) is 14.9 Å². The molecule has 0 aliphatic carbocycles. The van der Waals surface area contributed by atoms with E-state index < -0.39 is 38.0 Å². The smallest absolute Gasteiger partial charge is 0.289 e. The molecule has 0 saturated heterocycles. The Morgan fingerprint density at radius 1 is 1.29 bits per heavy atom. The number of benzene rings is 1. The molecule has 0 radical (unpaired) electrons.